The highest BCUT2D eigenvalue weighted by Gasteiger charge is 2.65. The molecule has 0 aromatic heterocycles. The average molecular weight is 353 g/mol. The van der Waals surface area contributed by atoms with Gasteiger partial charge in [-0.1, -0.05) is 39.3 Å². The van der Waals surface area contributed by atoms with Crippen molar-refractivity contribution in [2.45, 2.75) is 27.7 Å². The van der Waals surface area contributed by atoms with Crippen LogP contribution in [0, 0.1) is 23.2 Å². The summed E-state index contributed by atoms with van der Waals surface area (Å²) in [6.45, 7) is 7.06. The molecule has 1 aromatic rings. The number of halogens is 1. The molecule has 2 atom stereocenters. The van der Waals surface area contributed by atoms with Crippen LogP contribution in [0.5, 0.6) is 0 Å². The van der Waals surface area contributed by atoms with Crippen LogP contribution in [-0.2, 0) is 14.4 Å². The summed E-state index contributed by atoms with van der Waals surface area (Å²) in [6, 6.07) is 4.75. The number of nitrogens with one attached hydrogen (secondary N) is 2. The van der Waals surface area contributed by atoms with Gasteiger partial charge in [0, 0.05) is 11.6 Å². The molecule has 0 saturated heterocycles. The molecule has 1 saturated carbocycles. The average Bonchev–Trinajstić information content (AvgIpc) is 3.04. The summed E-state index contributed by atoms with van der Waals surface area (Å²) < 4.78 is 0. The van der Waals surface area contributed by atoms with Gasteiger partial charge in [-0.15, -0.1) is 0 Å². The second-order valence-corrected chi connectivity index (χ2v) is 7.35. The van der Waals surface area contributed by atoms with E-state index in [1.165, 1.54) is 6.07 Å². The maximum absolute atomic E-state index is 12.3. The zero-order valence-corrected chi connectivity index (χ0v) is 14.8. The fourth-order valence-electron chi connectivity index (χ4n) is 2.78. The lowest BCUT2D eigenvalue weighted by molar-refractivity contribution is -0.140. The lowest BCUT2D eigenvalue weighted by atomic mass is 10.1. The predicted octanol–water partition coefficient (Wildman–Crippen LogP) is 3.23. The highest BCUT2D eigenvalue weighted by Crippen LogP contribution is 2.58. The summed E-state index contributed by atoms with van der Waals surface area (Å²) in [6.07, 6.45) is 0. The van der Waals surface area contributed by atoms with Gasteiger partial charge in [0.05, 0.1) is 22.5 Å². The number of hydrogen-bond donors (Lipinski definition) is 3. The van der Waals surface area contributed by atoms with Gasteiger partial charge in [-0.05, 0) is 23.6 Å². The number of anilines is 2. The first-order valence-electron chi connectivity index (χ1n) is 7.69. The highest BCUT2D eigenvalue weighted by atomic mass is 35.5. The number of carboxylic acids is 1. The molecular formula is C17H21ClN2O4. The monoisotopic (exact) mass is 352 g/mol. The van der Waals surface area contributed by atoms with E-state index in [2.05, 4.69) is 10.6 Å². The van der Waals surface area contributed by atoms with Gasteiger partial charge in [0.15, 0.2) is 0 Å². The standard InChI is InChI=1S/C17H21ClN2O4/c1-8(2)14(21)20-11-6-5-9(7-10(11)18)19-15(22)12-13(16(23)24)17(12,3)4/h5-8,12-13H,1-4H3,(H,19,22)(H,20,21)(H,23,24)/t12-,13-/m1/s1. The van der Waals surface area contributed by atoms with E-state index < -0.39 is 23.2 Å². The van der Waals surface area contributed by atoms with E-state index in [1.54, 1.807) is 39.8 Å². The Hall–Kier alpha value is -2.08. The third-order valence-corrected chi connectivity index (χ3v) is 4.71. The fourth-order valence-corrected chi connectivity index (χ4v) is 3.01. The van der Waals surface area contributed by atoms with E-state index in [9.17, 15) is 14.4 Å². The third kappa shape index (κ3) is 3.53. The Bertz CT molecular complexity index is 700. The van der Waals surface area contributed by atoms with Crippen molar-refractivity contribution in [1.82, 2.24) is 0 Å². The molecule has 1 fully saturated rings. The number of hydrogen-bond acceptors (Lipinski definition) is 3. The molecule has 0 aliphatic heterocycles. The minimum absolute atomic E-state index is 0.155. The molecule has 0 bridgehead atoms. The molecule has 0 heterocycles. The molecule has 130 valence electrons. The maximum atomic E-state index is 12.3. The van der Waals surface area contributed by atoms with Crippen LogP contribution in [0.15, 0.2) is 18.2 Å². The third-order valence-electron chi connectivity index (χ3n) is 4.39. The quantitative estimate of drug-likeness (QED) is 0.758. The maximum Gasteiger partial charge on any atom is 0.307 e. The van der Waals surface area contributed by atoms with Crippen LogP contribution >= 0.6 is 11.6 Å². The molecule has 6 nitrogen and oxygen atoms in total. The van der Waals surface area contributed by atoms with Crippen LogP contribution < -0.4 is 10.6 Å². The van der Waals surface area contributed by atoms with Crippen LogP contribution in [0.4, 0.5) is 11.4 Å². The predicted molar refractivity (Wildman–Crippen MR) is 91.9 cm³/mol. The molecule has 24 heavy (non-hydrogen) atoms. The first kappa shape index (κ1) is 18.3. The number of carbonyl (C=O) groups is 3. The number of aliphatic carboxylic acids is 1. The summed E-state index contributed by atoms with van der Waals surface area (Å²) in [5, 5.41) is 14.8. The van der Waals surface area contributed by atoms with E-state index in [-0.39, 0.29) is 17.7 Å². The molecule has 0 radical (unpaired) electrons. The van der Waals surface area contributed by atoms with E-state index in [1.807, 2.05) is 0 Å². The normalized spacial score (nSPS) is 21.2. The zero-order chi connectivity index (χ0) is 18.2. The Morgan fingerprint density at radius 2 is 1.79 bits per heavy atom. The van der Waals surface area contributed by atoms with E-state index in [0.29, 0.717) is 16.4 Å². The highest BCUT2D eigenvalue weighted by molar-refractivity contribution is 6.34. The second-order valence-electron chi connectivity index (χ2n) is 6.94. The first-order valence-corrected chi connectivity index (χ1v) is 8.07. The molecular weight excluding hydrogens is 332 g/mol. The second kappa shape index (κ2) is 6.43. The van der Waals surface area contributed by atoms with Crippen LogP contribution in [-0.4, -0.2) is 22.9 Å². The smallest absolute Gasteiger partial charge is 0.307 e. The Morgan fingerprint density at radius 1 is 1.17 bits per heavy atom. The summed E-state index contributed by atoms with van der Waals surface area (Å²) in [5.41, 5.74) is 0.355. The number of carboxylic acid groups (broad SMARTS) is 1. The van der Waals surface area contributed by atoms with Crippen molar-refractivity contribution in [3.63, 3.8) is 0 Å². The van der Waals surface area contributed by atoms with Crippen molar-refractivity contribution in [3.8, 4) is 0 Å². The summed E-state index contributed by atoms with van der Waals surface area (Å²) in [5.74, 6) is -2.90. The van der Waals surface area contributed by atoms with Gasteiger partial charge >= 0.3 is 5.97 Å². The number of rotatable bonds is 5. The SMILES string of the molecule is CC(C)C(=O)Nc1ccc(NC(=O)[C@H]2[C@H](C(=O)O)C2(C)C)cc1Cl. The molecule has 2 rings (SSSR count). The van der Waals surface area contributed by atoms with Crippen molar-refractivity contribution in [2.75, 3.05) is 10.6 Å². The Kier molecular flexibility index (Phi) is 4.90. The van der Waals surface area contributed by atoms with Gasteiger partial charge in [-0.3, -0.25) is 14.4 Å². The molecule has 3 N–H and O–H groups in total. The van der Waals surface area contributed by atoms with Gasteiger partial charge in [0.2, 0.25) is 11.8 Å². The van der Waals surface area contributed by atoms with E-state index >= 15 is 0 Å². The van der Waals surface area contributed by atoms with E-state index in [0.717, 1.165) is 0 Å². The van der Waals surface area contributed by atoms with Gasteiger partial charge < -0.3 is 15.7 Å². The van der Waals surface area contributed by atoms with Crippen LogP contribution in [0.3, 0.4) is 0 Å². The number of benzene rings is 1. The lowest BCUT2D eigenvalue weighted by Gasteiger charge is -2.11. The van der Waals surface area contributed by atoms with Gasteiger partial charge in [-0.25, -0.2) is 0 Å². The molecule has 0 spiro atoms. The van der Waals surface area contributed by atoms with Crippen LogP contribution in [0.25, 0.3) is 0 Å². The number of amides is 2. The zero-order valence-electron chi connectivity index (χ0n) is 14.0. The molecule has 7 heteroatoms. The fraction of sp³-hybridized carbons (Fsp3) is 0.471. The molecule has 0 unspecified atom stereocenters. The summed E-state index contributed by atoms with van der Waals surface area (Å²) in [4.78, 5) is 35.1. The Labute approximate surface area is 145 Å². The van der Waals surface area contributed by atoms with Gasteiger partial charge in [0.25, 0.3) is 0 Å². The van der Waals surface area contributed by atoms with Gasteiger partial charge in [0.1, 0.15) is 0 Å². The Balaban J connectivity index is 2.07. The minimum atomic E-state index is -0.968. The van der Waals surface area contributed by atoms with Crippen molar-refractivity contribution >= 4 is 40.8 Å². The number of carbonyl (C=O) groups excluding carboxylic acids is 2. The summed E-state index contributed by atoms with van der Waals surface area (Å²) in [7, 11) is 0. The van der Waals surface area contributed by atoms with Crippen molar-refractivity contribution in [3.05, 3.63) is 23.2 Å². The Morgan fingerprint density at radius 3 is 2.25 bits per heavy atom. The molecule has 1 aromatic carbocycles. The summed E-state index contributed by atoms with van der Waals surface area (Å²) >= 11 is 6.13. The lowest BCUT2D eigenvalue weighted by Crippen LogP contribution is -2.19. The topological polar surface area (TPSA) is 95.5 Å². The van der Waals surface area contributed by atoms with Crippen molar-refractivity contribution in [1.29, 1.82) is 0 Å². The first-order chi connectivity index (χ1) is 11.1. The minimum Gasteiger partial charge on any atom is -0.481 e. The van der Waals surface area contributed by atoms with Crippen LogP contribution in [0.1, 0.15) is 27.7 Å². The van der Waals surface area contributed by atoms with E-state index in [4.69, 9.17) is 16.7 Å². The van der Waals surface area contributed by atoms with Gasteiger partial charge in [-0.2, -0.15) is 0 Å². The largest absolute Gasteiger partial charge is 0.481 e. The molecule has 1 aliphatic carbocycles. The van der Waals surface area contributed by atoms with Crippen molar-refractivity contribution < 1.29 is 19.5 Å². The van der Waals surface area contributed by atoms with Crippen molar-refractivity contribution in [2.24, 2.45) is 23.2 Å². The molecule has 2 amide bonds. The van der Waals surface area contributed by atoms with Crippen LogP contribution in [0.2, 0.25) is 5.02 Å². The molecule has 1 aliphatic rings.